The van der Waals surface area contributed by atoms with Crippen molar-refractivity contribution in [3.05, 3.63) is 76.1 Å². The molecule has 0 saturated carbocycles. The molecule has 3 aromatic rings. The van der Waals surface area contributed by atoms with E-state index in [1.807, 2.05) is 44.2 Å². The fraction of sp³-hybridized carbons (Fsp3) is 0.227. The summed E-state index contributed by atoms with van der Waals surface area (Å²) in [5.41, 5.74) is 4.99. The van der Waals surface area contributed by atoms with E-state index in [0.29, 0.717) is 23.4 Å². The second-order valence-electron chi connectivity index (χ2n) is 7.20. The van der Waals surface area contributed by atoms with Crippen molar-refractivity contribution in [2.45, 2.75) is 32.7 Å². The Balaban J connectivity index is 1.52. The van der Waals surface area contributed by atoms with Gasteiger partial charge in [0, 0.05) is 17.1 Å². The predicted octanol–water partition coefficient (Wildman–Crippen LogP) is 4.21. The number of anilines is 1. The summed E-state index contributed by atoms with van der Waals surface area (Å²) in [6.07, 6.45) is 2.76. The van der Waals surface area contributed by atoms with E-state index >= 15 is 0 Å². The number of carbonyl (C=O) groups is 2. The molecule has 1 aliphatic heterocycles. The minimum atomic E-state index is -0.186. The number of hydrogen-bond acceptors (Lipinski definition) is 3. The van der Waals surface area contributed by atoms with Crippen LogP contribution in [0.4, 0.5) is 5.69 Å². The molecule has 148 valence electrons. The van der Waals surface area contributed by atoms with Gasteiger partial charge in [-0.25, -0.2) is 4.68 Å². The van der Waals surface area contributed by atoms with E-state index < -0.39 is 0 Å². The highest BCUT2D eigenvalue weighted by Gasteiger charge is 2.20. The molecule has 1 unspecified atom stereocenters. The lowest BCUT2D eigenvalue weighted by molar-refractivity contribution is -0.116. The number of amides is 2. The number of nitrogens with one attached hydrogen (secondary N) is 2. The number of halogens is 1. The number of nitrogens with zero attached hydrogens (tertiary/aromatic N) is 2. The van der Waals surface area contributed by atoms with Crippen molar-refractivity contribution in [2.75, 3.05) is 5.32 Å². The molecule has 4 rings (SSSR count). The third-order valence-corrected chi connectivity index (χ3v) is 5.41. The fourth-order valence-electron chi connectivity index (χ4n) is 3.53. The van der Waals surface area contributed by atoms with Crippen LogP contribution in [0.25, 0.3) is 5.69 Å². The van der Waals surface area contributed by atoms with Crippen LogP contribution >= 0.6 is 11.6 Å². The zero-order valence-corrected chi connectivity index (χ0v) is 17.0. The molecule has 0 fully saturated rings. The van der Waals surface area contributed by atoms with Crippen LogP contribution in [0.5, 0.6) is 0 Å². The highest BCUT2D eigenvalue weighted by molar-refractivity contribution is 6.30. The first-order valence-corrected chi connectivity index (χ1v) is 9.84. The van der Waals surface area contributed by atoms with E-state index in [1.165, 1.54) is 0 Å². The summed E-state index contributed by atoms with van der Waals surface area (Å²) in [7, 11) is 0. The highest BCUT2D eigenvalue weighted by Crippen LogP contribution is 2.26. The van der Waals surface area contributed by atoms with Gasteiger partial charge in [-0.05, 0) is 55.7 Å². The van der Waals surface area contributed by atoms with E-state index in [4.69, 9.17) is 11.6 Å². The zero-order chi connectivity index (χ0) is 20.5. The van der Waals surface area contributed by atoms with Gasteiger partial charge in [-0.1, -0.05) is 29.8 Å². The zero-order valence-electron chi connectivity index (χ0n) is 16.2. The lowest BCUT2D eigenvalue weighted by atomic mass is 9.97. The van der Waals surface area contributed by atoms with Gasteiger partial charge in [0.2, 0.25) is 5.91 Å². The summed E-state index contributed by atoms with van der Waals surface area (Å²) in [4.78, 5) is 24.4. The molecule has 0 saturated heterocycles. The van der Waals surface area contributed by atoms with Crippen LogP contribution in [0.15, 0.2) is 48.7 Å². The van der Waals surface area contributed by atoms with Crippen molar-refractivity contribution in [2.24, 2.45) is 0 Å². The van der Waals surface area contributed by atoms with E-state index in [1.54, 1.807) is 23.0 Å². The SMILES string of the molecule is Cc1c(C(=O)NC(C)c2ccc3c(c2)CCC(=O)N3)cnn1-c1cccc(Cl)c1. The monoisotopic (exact) mass is 408 g/mol. The van der Waals surface area contributed by atoms with Gasteiger partial charge in [-0.15, -0.1) is 0 Å². The molecular formula is C22H21ClN4O2. The standard InChI is InChI=1S/C22H21ClN4O2/c1-13(15-6-8-20-16(10-15)7-9-21(28)26-20)25-22(29)19-12-24-27(14(19)2)18-5-3-4-17(23)11-18/h3-6,8,10-13H,7,9H2,1-2H3,(H,25,29)(H,26,28). The Kier molecular flexibility index (Phi) is 5.11. The van der Waals surface area contributed by atoms with Gasteiger partial charge in [0.25, 0.3) is 5.91 Å². The average molecular weight is 409 g/mol. The lowest BCUT2D eigenvalue weighted by Crippen LogP contribution is -2.27. The summed E-state index contributed by atoms with van der Waals surface area (Å²) in [6, 6.07) is 13.0. The van der Waals surface area contributed by atoms with Crippen LogP contribution in [0, 0.1) is 6.92 Å². The summed E-state index contributed by atoms with van der Waals surface area (Å²) in [6.45, 7) is 3.80. The van der Waals surface area contributed by atoms with Crippen molar-refractivity contribution in [1.82, 2.24) is 15.1 Å². The van der Waals surface area contributed by atoms with E-state index in [2.05, 4.69) is 15.7 Å². The average Bonchev–Trinajstić information content (AvgIpc) is 3.09. The van der Waals surface area contributed by atoms with Gasteiger partial charge >= 0.3 is 0 Å². The Morgan fingerprint density at radius 1 is 1.24 bits per heavy atom. The lowest BCUT2D eigenvalue weighted by Gasteiger charge is -2.20. The topological polar surface area (TPSA) is 76.0 Å². The molecule has 0 aliphatic carbocycles. The summed E-state index contributed by atoms with van der Waals surface area (Å²) < 4.78 is 1.70. The second-order valence-corrected chi connectivity index (χ2v) is 7.63. The second kappa shape index (κ2) is 7.72. The summed E-state index contributed by atoms with van der Waals surface area (Å²) in [5.74, 6) is -0.145. The van der Waals surface area contributed by atoms with Gasteiger partial charge < -0.3 is 10.6 Å². The van der Waals surface area contributed by atoms with Crippen molar-refractivity contribution in [1.29, 1.82) is 0 Å². The van der Waals surface area contributed by atoms with Crippen molar-refractivity contribution in [3.63, 3.8) is 0 Å². The number of benzene rings is 2. The first-order chi connectivity index (χ1) is 13.9. The van der Waals surface area contributed by atoms with Crippen LogP contribution < -0.4 is 10.6 Å². The molecule has 1 aliphatic rings. The Bertz CT molecular complexity index is 1110. The minimum absolute atomic E-state index is 0.0405. The van der Waals surface area contributed by atoms with Gasteiger partial charge in [-0.2, -0.15) is 5.10 Å². The maximum Gasteiger partial charge on any atom is 0.255 e. The van der Waals surface area contributed by atoms with E-state index in [-0.39, 0.29) is 17.9 Å². The largest absolute Gasteiger partial charge is 0.345 e. The minimum Gasteiger partial charge on any atom is -0.345 e. The molecule has 0 radical (unpaired) electrons. The molecule has 0 spiro atoms. The maximum absolute atomic E-state index is 12.8. The summed E-state index contributed by atoms with van der Waals surface area (Å²) >= 11 is 6.07. The Hall–Kier alpha value is -3.12. The molecule has 1 atom stereocenters. The molecule has 2 aromatic carbocycles. The quantitative estimate of drug-likeness (QED) is 0.679. The van der Waals surface area contributed by atoms with Crippen molar-refractivity contribution >= 4 is 29.1 Å². The number of carbonyl (C=O) groups excluding carboxylic acids is 2. The molecule has 1 aromatic heterocycles. The van der Waals surface area contributed by atoms with Crippen LogP contribution in [-0.4, -0.2) is 21.6 Å². The van der Waals surface area contributed by atoms with Gasteiger partial charge in [-0.3, -0.25) is 9.59 Å². The predicted molar refractivity (Wildman–Crippen MR) is 113 cm³/mol. The molecule has 29 heavy (non-hydrogen) atoms. The Morgan fingerprint density at radius 2 is 2.07 bits per heavy atom. The molecule has 2 N–H and O–H groups in total. The number of fused-ring (bicyclic) bond motifs is 1. The first-order valence-electron chi connectivity index (χ1n) is 9.46. The van der Waals surface area contributed by atoms with Crippen LogP contribution in [0.1, 0.15) is 46.6 Å². The number of hydrogen-bond donors (Lipinski definition) is 2. The third-order valence-electron chi connectivity index (χ3n) is 5.18. The molecule has 0 bridgehead atoms. The van der Waals surface area contributed by atoms with Gasteiger partial charge in [0.05, 0.1) is 29.2 Å². The number of rotatable bonds is 4. The smallest absolute Gasteiger partial charge is 0.255 e. The van der Waals surface area contributed by atoms with E-state index in [0.717, 1.165) is 28.2 Å². The van der Waals surface area contributed by atoms with Crippen LogP contribution in [0.2, 0.25) is 5.02 Å². The molecule has 6 nitrogen and oxygen atoms in total. The van der Waals surface area contributed by atoms with Gasteiger partial charge in [0.1, 0.15) is 0 Å². The first kappa shape index (κ1) is 19.2. The Morgan fingerprint density at radius 3 is 2.86 bits per heavy atom. The molecule has 2 amide bonds. The van der Waals surface area contributed by atoms with Crippen LogP contribution in [-0.2, 0) is 11.2 Å². The molecular weight excluding hydrogens is 388 g/mol. The van der Waals surface area contributed by atoms with Crippen molar-refractivity contribution < 1.29 is 9.59 Å². The number of aryl methyl sites for hydroxylation is 1. The maximum atomic E-state index is 12.8. The molecule has 2 heterocycles. The van der Waals surface area contributed by atoms with Gasteiger partial charge in [0.15, 0.2) is 0 Å². The van der Waals surface area contributed by atoms with E-state index in [9.17, 15) is 9.59 Å². The summed E-state index contributed by atoms with van der Waals surface area (Å²) in [5, 5.41) is 10.9. The normalized spacial score (nSPS) is 14.1. The van der Waals surface area contributed by atoms with Crippen LogP contribution in [0.3, 0.4) is 0 Å². The fourth-order valence-corrected chi connectivity index (χ4v) is 3.72. The molecule has 7 heteroatoms. The number of aromatic nitrogens is 2. The highest BCUT2D eigenvalue weighted by atomic mass is 35.5. The Labute approximate surface area is 173 Å². The van der Waals surface area contributed by atoms with Crippen molar-refractivity contribution in [3.8, 4) is 5.69 Å². The third kappa shape index (κ3) is 3.89.